The van der Waals surface area contributed by atoms with Crippen LogP contribution in [0.15, 0.2) is 12.1 Å². The minimum absolute atomic E-state index is 0.00529. The molecule has 0 spiro atoms. The maximum atomic E-state index is 13.5. The summed E-state index contributed by atoms with van der Waals surface area (Å²) < 4.78 is 7.02. The number of methoxy groups -OCH3 is 1. The van der Waals surface area contributed by atoms with Crippen molar-refractivity contribution in [3.05, 3.63) is 23.5 Å². The molecule has 3 aliphatic rings. The van der Waals surface area contributed by atoms with Crippen LogP contribution in [0.25, 0.3) is 11.0 Å². The highest BCUT2D eigenvalue weighted by atomic mass is 16.5. The number of imidazole rings is 1. The molecule has 2 N–H and O–H groups in total. The summed E-state index contributed by atoms with van der Waals surface area (Å²) in [4.78, 5) is 44.4. The van der Waals surface area contributed by atoms with Crippen molar-refractivity contribution in [3.63, 3.8) is 0 Å². The van der Waals surface area contributed by atoms with Gasteiger partial charge in [0.25, 0.3) is 5.91 Å². The fourth-order valence-electron chi connectivity index (χ4n) is 6.25. The Labute approximate surface area is 204 Å². The van der Waals surface area contributed by atoms with Gasteiger partial charge in [0.2, 0.25) is 0 Å². The van der Waals surface area contributed by atoms with E-state index in [1.54, 1.807) is 4.90 Å². The smallest absolute Gasteiger partial charge is 0.414 e. The summed E-state index contributed by atoms with van der Waals surface area (Å²) in [6.45, 7) is 2.00. The van der Waals surface area contributed by atoms with Gasteiger partial charge in [0, 0.05) is 23.7 Å². The van der Waals surface area contributed by atoms with Gasteiger partial charge < -0.3 is 19.7 Å². The van der Waals surface area contributed by atoms with E-state index in [0.29, 0.717) is 18.7 Å². The Morgan fingerprint density at radius 2 is 1.86 bits per heavy atom. The number of carbonyl (C=O) groups excluding carboxylic acids is 2. The molecule has 2 aromatic rings. The highest BCUT2D eigenvalue weighted by Gasteiger charge is 2.35. The van der Waals surface area contributed by atoms with Crippen molar-refractivity contribution in [2.24, 2.45) is 5.92 Å². The summed E-state index contributed by atoms with van der Waals surface area (Å²) in [6, 6.07) is 3.87. The summed E-state index contributed by atoms with van der Waals surface area (Å²) in [7, 11) is 1.38. The molecule has 5 rings (SSSR count). The lowest BCUT2D eigenvalue weighted by molar-refractivity contribution is -0.143. The first kappa shape index (κ1) is 23.6. The number of aromatic nitrogens is 2. The van der Waals surface area contributed by atoms with Gasteiger partial charge in [-0.15, -0.1) is 0 Å². The molecule has 2 saturated carbocycles. The number of aliphatic carboxylic acids is 1. The lowest BCUT2D eigenvalue weighted by Gasteiger charge is -2.34. The molecule has 9 nitrogen and oxygen atoms in total. The van der Waals surface area contributed by atoms with Crippen LogP contribution < -0.4 is 10.2 Å². The summed E-state index contributed by atoms with van der Waals surface area (Å²) in [5, 5.41) is 12.8. The van der Waals surface area contributed by atoms with Crippen LogP contribution in [0.1, 0.15) is 86.9 Å². The number of carboxylic acid groups (broad SMARTS) is 1. The Kier molecular flexibility index (Phi) is 6.42. The van der Waals surface area contributed by atoms with Crippen molar-refractivity contribution in [2.75, 3.05) is 12.0 Å². The normalized spacial score (nSPS) is 24.9. The molecule has 0 saturated heterocycles. The summed E-state index contributed by atoms with van der Waals surface area (Å²) >= 11 is 0. The first-order chi connectivity index (χ1) is 16.9. The second-order valence-corrected chi connectivity index (χ2v) is 10.3. The molecule has 35 heavy (non-hydrogen) atoms. The second-order valence-electron chi connectivity index (χ2n) is 10.3. The Morgan fingerprint density at radius 3 is 2.57 bits per heavy atom. The number of hydrogen-bond donors (Lipinski definition) is 2. The van der Waals surface area contributed by atoms with Crippen LogP contribution >= 0.6 is 0 Å². The lowest BCUT2D eigenvalue weighted by Crippen LogP contribution is -2.42. The molecule has 188 valence electrons. The highest BCUT2D eigenvalue weighted by Crippen LogP contribution is 2.40. The molecule has 3 atom stereocenters. The monoisotopic (exact) mass is 482 g/mol. The molecule has 1 unspecified atom stereocenters. The number of carboxylic acids is 1. The standard InChI is InChI=1S/C26H34N4O5/c1-15-10-11-19-20(29(15)26(34)35-2)12-13-21-22(19)28-23(24(31)27-17-7-3-4-8-17)30(21)18-9-5-6-16(14-18)25(32)33/h12-13,15-18H,3-11,14H2,1-2H3,(H,27,31)(H,32,33)/t15?,16-,18-/m1/s1. The number of aryl methyl sites for hydroxylation is 1. The van der Waals surface area contributed by atoms with Crippen molar-refractivity contribution in [3.8, 4) is 0 Å². The quantitative estimate of drug-likeness (QED) is 0.666. The Hall–Kier alpha value is -3.10. The molecule has 0 radical (unpaired) electrons. The van der Waals surface area contributed by atoms with Crippen LogP contribution in [-0.4, -0.2) is 51.8 Å². The molecule has 2 aliphatic carbocycles. The third kappa shape index (κ3) is 4.25. The van der Waals surface area contributed by atoms with Crippen molar-refractivity contribution in [1.82, 2.24) is 14.9 Å². The van der Waals surface area contributed by atoms with Gasteiger partial charge in [0.1, 0.15) is 0 Å². The molecule has 2 heterocycles. The maximum Gasteiger partial charge on any atom is 0.414 e. The molecule has 1 aliphatic heterocycles. The molecule has 1 aromatic carbocycles. The van der Waals surface area contributed by atoms with E-state index in [2.05, 4.69) is 5.32 Å². The predicted molar refractivity (Wildman–Crippen MR) is 131 cm³/mol. The highest BCUT2D eigenvalue weighted by molar-refractivity contribution is 5.99. The largest absolute Gasteiger partial charge is 0.481 e. The number of rotatable bonds is 4. The molecule has 2 fully saturated rings. The van der Waals surface area contributed by atoms with E-state index in [-0.39, 0.29) is 24.0 Å². The summed E-state index contributed by atoms with van der Waals surface area (Å²) in [6.07, 6.45) is 8.00. The van der Waals surface area contributed by atoms with Gasteiger partial charge in [-0.2, -0.15) is 0 Å². The van der Waals surface area contributed by atoms with E-state index >= 15 is 0 Å². The van der Waals surface area contributed by atoms with E-state index < -0.39 is 18.0 Å². The number of nitrogens with zero attached hydrogens (tertiary/aromatic N) is 3. The van der Waals surface area contributed by atoms with Crippen molar-refractivity contribution in [2.45, 2.75) is 89.3 Å². The van der Waals surface area contributed by atoms with Crippen LogP contribution in [0.4, 0.5) is 10.5 Å². The van der Waals surface area contributed by atoms with E-state index in [0.717, 1.165) is 73.7 Å². The van der Waals surface area contributed by atoms with E-state index in [1.807, 2.05) is 23.6 Å². The summed E-state index contributed by atoms with van der Waals surface area (Å²) in [5.74, 6) is -1.06. The van der Waals surface area contributed by atoms with Crippen LogP contribution in [-0.2, 0) is 16.0 Å². The van der Waals surface area contributed by atoms with Crippen molar-refractivity contribution < 1.29 is 24.2 Å². The lowest BCUT2D eigenvalue weighted by atomic mass is 9.85. The van der Waals surface area contributed by atoms with E-state index in [4.69, 9.17) is 9.72 Å². The predicted octanol–water partition coefficient (Wildman–Crippen LogP) is 4.43. The number of benzene rings is 1. The SMILES string of the molecule is COC(=O)N1c2ccc3c(nc(C(=O)NC4CCCC4)n3[C@@H]3CCC[C@@H](C(=O)O)C3)c2CCC1C. The number of ether oxygens (including phenoxy) is 1. The van der Waals surface area contributed by atoms with Gasteiger partial charge in [-0.3, -0.25) is 14.5 Å². The third-order valence-corrected chi connectivity index (χ3v) is 8.08. The zero-order chi connectivity index (χ0) is 24.7. The Balaban J connectivity index is 1.62. The second kappa shape index (κ2) is 9.51. The number of fused-ring (bicyclic) bond motifs is 3. The fourth-order valence-corrected chi connectivity index (χ4v) is 6.25. The van der Waals surface area contributed by atoms with E-state index in [9.17, 15) is 19.5 Å². The Morgan fingerprint density at radius 1 is 1.09 bits per heavy atom. The minimum Gasteiger partial charge on any atom is -0.481 e. The van der Waals surface area contributed by atoms with E-state index in [1.165, 1.54) is 7.11 Å². The van der Waals surface area contributed by atoms with Crippen molar-refractivity contribution in [1.29, 1.82) is 0 Å². The minimum atomic E-state index is -0.781. The number of carbonyl (C=O) groups is 3. The van der Waals surface area contributed by atoms with Gasteiger partial charge in [0.15, 0.2) is 5.82 Å². The number of hydrogen-bond acceptors (Lipinski definition) is 5. The first-order valence-corrected chi connectivity index (χ1v) is 12.8. The maximum absolute atomic E-state index is 13.5. The number of amides is 2. The van der Waals surface area contributed by atoms with Crippen LogP contribution in [0.2, 0.25) is 0 Å². The summed E-state index contributed by atoms with van der Waals surface area (Å²) in [5.41, 5.74) is 3.25. The van der Waals surface area contributed by atoms with Gasteiger partial charge in [-0.25, -0.2) is 9.78 Å². The Bertz CT molecular complexity index is 1150. The number of nitrogens with one attached hydrogen (secondary N) is 1. The molecular weight excluding hydrogens is 448 g/mol. The van der Waals surface area contributed by atoms with Crippen LogP contribution in [0, 0.1) is 5.92 Å². The molecule has 1 aromatic heterocycles. The average Bonchev–Trinajstić information content (AvgIpc) is 3.51. The number of anilines is 1. The van der Waals surface area contributed by atoms with Gasteiger partial charge in [-0.05, 0) is 64.0 Å². The van der Waals surface area contributed by atoms with Gasteiger partial charge in [0.05, 0.1) is 29.7 Å². The zero-order valence-corrected chi connectivity index (χ0v) is 20.5. The van der Waals surface area contributed by atoms with Crippen molar-refractivity contribution >= 4 is 34.7 Å². The van der Waals surface area contributed by atoms with Crippen LogP contribution in [0.3, 0.4) is 0 Å². The topological polar surface area (TPSA) is 114 Å². The fraction of sp³-hybridized carbons (Fsp3) is 0.615. The molecule has 9 heteroatoms. The first-order valence-electron chi connectivity index (χ1n) is 12.8. The third-order valence-electron chi connectivity index (χ3n) is 8.08. The molecular formula is C26H34N4O5. The molecule has 0 bridgehead atoms. The van der Waals surface area contributed by atoms with Crippen LogP contribution in [0.5, 0.6) is 0 Å². The average molecular weight is 483 g/mol. The van der Waals surface area contributed by atoms with Gasteiger partial charge >= 0.3 is 12.1 Å². The molecule has 2 amide bonds. The van der Waals surface area contributed by atoms with Gasteiger partial charge in [-0.1, -0.05) is 19.3 Å². The zero-order valence-electron chi connectivity index (χ0n) is 20.5.